The molecule has 0 spiro atoms. The lowest BCUT2D eigenvalue weighted by atomic mass is 10.2. The van der Waals surface area contributed by atoms with Gasteiger partial charge in [0.2, 0.25) is 0 Å². The van der Waals surface area contributed by atoms with Crippen LogP contribution in [-0.4, -0.2) is 9.97 Å². The highest BCUT2D eigenvalue weighted by Crippen LogP contribution is 2.12. The van der Waals surface area contributed by atoms with Gasteiger partial charge in [-0.2, -0.15) is 0 Å². The first-order valence-electron chi connectivity index (χ1n) is 5.79. The Morgan fingerprint density at radius 2 is 1.76 bits per heavy atom. The molecular weight excluding hydrogens is 212 g/mol. The SMILES string of the molecule is CC.Cc1ccc(OCc2ccncn2)cc1. The van der Waals surface area contributed by atoms with Gasteiger partial charge < -0.3 is 4.74 Å². The summed E-state index contributed by atoms with van der Waals surface area (Å²) in [6.07, 6.45) is 3.23. The predicted molar refractivity (Wildman–Crippen MR) is 68.9 cm³/mol. The number of hydrogen-bond donors (Lipinski definition) is 0. The minimum absolute atomic E-state index is 0.478. The molecule has 2 rings (SSSR count). The lowest BCUT2D eigenvalue weighted by Gasteiger charge is -2.05. The van der Waals surface area contributed by atoms with Crippen molar-refractivity contribution >= 4 is 0 Å². The lowest BCUT2D eigenvalue weighted by molar-refractivity contribution is 0.301. The average Bonchev–Trinajstić information content (AvgIpc) is 2.42. The second kappa shape index (κ2) is 7.39. The van der Waals surface area contributed by atoms with Crippen molar-refractivity contribution in [3.05, 3.63) is 54.1 Å². The first-order valence-corrected chi connectivity index (χ1v) is 5.79. The summed E-state index contributed by atoms with van der Waals surface area (Å²) in [4.78, 5) is 7.92. The van der Waals surface area contributed by atoms with E-state index < -0.39 is 0 Å². The second-order valence-corrected chi connectivity index (χ2v) is 3.30. The van der Waals surface area contributed by atoms with Gasteiger partial charge in [-0.05, 0) is 25.1 Å². The van der Waals surface area contributed by atoms with Crippen LogP contribution >= 0.6 is 0 Å². The van der Waals surface area contributed by atoms with E-state index in [2.05, 4.69) is 9.97 Å². The minimum atomic E-state index is 0.478. The average molecular weight is 230 g/mol. The maximum absolute atomic E-state index is 5.56. The maximum atomic E-state index is 5.56. The zero-order valence-corrected chi connectivity index (χ0v) is 10.6. The van der Waals surface area contributed by atoms with E-state index in [1.807, 2.05) is 51.1 Å². The van der Waals surface area contributed by atoms with Gasteiger partial charge in [-0.25, -0.2) is 9.97 Å². The largest absolute Gasteiger partial charge is 0.487 e. The van der Waals surface area contributed by atoms with E-state index in [4.69, 9.17) is 4.74 Å². The van der Waals surface area contributed by atoms with Crippen LogP contribution in [0.2, 0.25) is 0 Å². The fourth-order valence-electron chi connectivity index (χ4n) is 1.20. The van der Waals surface area contributed by atoms with Gasteiger partial charge in [0.05, 0.1) is 5.69 Å². The predicted octanol–water partition coefficient (Wildman–Crippen LogP) is 3.39. The summed E-state index contributed by atoms with van der Waals surface area (Å²) < 4.78 is 5.56. The van der Waals surface area contributed by atoms with Crippen LogP contribution in [0, 0.1) is 6.92 Å². The summed E-state index contributed by atoms with van der Waals surface area (Å²) >= 11 is 0. The molecule has 0 unspecified atom stereocenters. The van der Waals surface area contributed by atoms with Gasteiger partial charge >= 0.3 is 0 Å². The van der Waals surface area contributed by atoms with Crippen molar-refractivity contribution in [2.45, 2.75) is 27.4 Å². The molecule has 0 atom stereocenters. The smallest absolute Gasteiger partial charge is 0.130 e. The summed E-state index contributed by atoms with van der Waals surface area (Å²) in [7, 11) is 0. The van der Waals surface area contributed by atoms with Crippen LogP contribution < -0.4 is 4.74 Å². The molecule has 0 aliphatic carbocycles. The van der Waals surface area contributed by atoms with Crippen molar-refractivity contribution in [2.75, 3.05) is 0 Å². The van der Waals surface area contributed by atoms with Crippen LogP contribution in [0.25, 0.3) is 0 Å². The van der Waals surface area contributed by atoms with Crippen LogP contribution in [0.15, 0.2) is 42.9 Å². The summed E-state index contributed by atoms with van der Waals surface area (Å²) in [6.45, 7) is 6.53. The zero-order chi connectivity index (χ0) is 12.5. The van der Waals surface area contributed by atoms with E-state index >= 15 is 0 Å². The third kappa shape index (κ3) is 4.64. The topological polar surface area (TPSA) is 35.0 Å². The minimum Gasteiger partial charge on any atom is -0.487 e. The van der Waals surface area contributed by atoms with E-state index in [1.165, 1.54) is 11.9 Å². The Kier molecular flexibility index (Phi) is 5.72. The number of aromatic nitrogens is 2. The Hall–Kier alpha value is -1.90. The molecule has 1 heterocycles. The molecular formula is C14H18N2O. The van der Waals surface area contributed by atoms with Crippen molar-refractivity contribution in [3.63, 3.8) is 0 Å². The Balaban J connectivity index is 0.000000686. The number of aryl methyl sites for hydroxylation is 1. The first kappa shape index (κ1) is 13.2. The first-order chi connectivity index (χ1) is 8.34. The molecule has 17 heavy (non-hydrogen) atoms. The number of nitrogens with zero attached hydrogens (tertiary/aromatic N) is 2. The molecule has 2 aromatic rings. The molecule has 3 nitrogen and oxygen atoms in total. The Morgan fingerprint density at radius 3 is 2.35 bits per heavy atom. The molecule has 0 bridgehead atoms. The van der Waals surface area contributed by atoms with Gasteiger partial charge in [0.25, 0.3) is 0 Å². The molecule has 0 aliphatic heterocycles. The molecule has 0 radical (unpaired) electrons. The molecule has 1 aromatic heterocycles. The van der Waals surface area contributed by atoms with Crippen LogP contribution in [0.4, 0.5) is 0 Å². The Labute approximate surface area is 103 Å². The molecule has 1 aromatic carbocycles. The van der Waals surface area contributed by atoms with Gasteiger partial charge in [-0.15, -0.1) is 0 Å². The summed E-state index contributed by atoms with van der Waals surface area (Å²) in [5.41, 5.74) is 2.11. The number of benzene rings is 1. The standard InChI is InChI=1S/C12H12N2O.C2H6/c1-10-2-4-12(5-3-10)15-8-11-6-7-13-9-14-11;1-2/h2-7,9H,8H2,1H3;1-2H3. The monoisotopic (exact) mass is 230 g/mol. The Bertz CT molecular complexity index is 412. The Morgan fingerprint density at radius 1 is 1.06 bits per heavy atom. The van der Waals surface area contributed by atoms with Crippen molar-refractivity contribution in [1.82, 2.24) is 9.97 Å². The second-order valence-electron chi connectivity index (χ2n) is 3.30. The third-order valence-corrected chi connectivity index (χ3v) is 2.05. The van der Waals surface area contributed by atoms with Crippen molar-refractivity contribution in [3.8, 4) is 5.75 Å². The lowest BCUT2D eigenvalue weighted by Crippen LogP contribution is -1.97. The van der Waals surface area contributed by atoms with Gasteiger partial charge in [-0.1, -0.05) is 31.5 Å². The molecule has 0 fully saturated rings. The summed E-state index contributed by atoms with van der Waals surface area (Å²) in [6, 6.07) is 9.80. The summed E-state index contributed by atoms with van der Waals surface area (Å²) in [5, 5.41) is 0. The van der Waals surface area contributed by atoms with Crippen molar-refractivity contribution < 1.29 is 4.74 Å². The van der Waals surface area contributed by atoms with E-state index in [1.54, 1.807) is 6.20 Å². The molecule has 90 valence electrons. The fourth-order valence-corrected chi connectivity index (χ4v) is 1.20. The quantitative estimate of drug-likeness (QED) is 0.810. The van der Waals surface area contributed by atoms with Crippen LogP contribution in [-0.2, 0) is 6.61 Å². The normalized spacial score (nSPS) is 9.12. The summed E-state index contributed by atoms with van der Waals surface area (Å²) in [5.74, 6) is 0.860. The van der Waals surface area contributed by atoms with E-state index in [0.29, 0.717) is 6.61 Å². The highest BCUT2D eigenvalue weighted by atomic mass is 16.5. The molecule has 0 saturated heterocycles. The van der Waals surface area contributed by atoms with Crippen LogP contribution in [0.5, 0.6) is 5.75 Å². The fraction of sp³-hybridized carbons (Fsp3) is 0.286. The molecule has 3 heteroatoms. The van der Waals surface area contributed by atoms with E-state index in [0.717, 1.165) is 11.4 Å². The molecule has 0 N–H and O–H groups in total. The van der Waals surface area contributed by atoms with Crippen molar-refractivity contribution in [2.24, 2.45) is 0 Å². The van der Waals surface area contributed by atoms with Gasteiger partial charge in [0.1, 0.15) is 18.7 Å². The zero-order valence-electron chi connectivity index (χ0n) is 10.6. The van der Waals surface area contributed by atoms with Gasteiger partial charge in [0.15, 0.2) is 0 Å². The van der Waals surface area contributed by atoms with Crippen LogP contribution in [0.3, 0.4) is 0 Å². The van der Waals surface area contributed by atoms with Gasteiger partial charge in [-0.3, -0.25) is 0 Å². The van der Waals surface area contributed by atoms with E-state index in [-0.39, 0.29) is 0 Å². The number of ether oxygens (including phenoxy) is 1. The molecule has 0 aliphatic rings. The maximum Gasteiger partial charge on any atom is 0.130 e. The third-order valence-electron chi connectivity index (χ3n) is 2.05. The van der Waals surface area contributed by atoms with Gasteiger partial charge in [0, 0.05) is 6.20 Å². The van der Waals surface area contributed by atoms with E-state index in [9.17, 15) is 0 Å². The molecule has 0 amide bonds. The van der Waals surface area contributed by atoms with Crippen LogP contribution in [0.1, 0.15) is 25.1 Å². The number of hydrogen-bond acceptors (Lipinski definition) is 3. The highest BCUT2D eigenvalue weighted by molar-refractivity contribution is 5.26. The van der Waals surface area contributed by atoms with Crippen molar-refractivity contribution in [1.29, 1.82) is 0 Å². The number of rotatable bonds is 3. The molecule has 0 saturated carbocycles. The highest BCUT2D eigenvalue weighted by Gasteiger charge is 1.95.